The first-order valence-corrected chi connectivity index (χ1v) is 6.71. The molecule has 0 atom stereocenters. The van der Waals surface area contributed by atoms with Crippen molar-refractivity contribution in [1.82, 2.24) is 0 Å². The Morgan fingerprint density at radius 2 is 1.60 bits per heavy atom. The molecule has 0 fully saturated rings. The molecule has 0 aromatic heterocycles. The highest BCUT2D eigenvalue weighted by molar-refractivity contribution is 6.43. The third-order valence-electron chi connectivity index (χ3n) is 2.55. The summed E-state index contributed by atoms with van der Waals surface area (Å²) in [5.74, 6) is -0.438. The van der Waals surface area contributed by atoms with Crippen LogP contribution in [0.2, 0.25) is 15.1 Å². The van der Waals surface area contributed by atoms with Crippen molar-refractivity contribution in [1.29, 1.82) is 0 Å². The van der Waals surface area contributed by atoms with Crippen molar-refractivity contribution in [2.45, 2.75) is 6.61 Å². The van der Waals surface area contributed by atoms with Gasteiger partial charge in [0.2, 0.25) is 0 Å². The molecular weight excluding hydrogens is 323 g/mol. The number of aliphatic hydroxyl groups excluding tert-OH is 1. The minimum atomic E-state index is -0.574. The van der Waals surface area contributed by atoms with Crippen LogP contribution >= 0.6 is 34.8 Å². The molecule has 0 bridgehead atoms. The maximum absolute atomic E-state index is 11.9. The summed E-state index contributed by atoms with van der Waals surface area (Å²) < 4.78 is 5.16. The molecule has 2 rings (SSSR count). The number of rotatable bonds is 3. The number of hydrogen-bond acceptors (Lipinski definition) is 3. The number of esters is 1. The Morgan fingerprint density at radius 3 is 2.20 bits per heavy atom. The Balaban J connectivity index is 2.20. The minimum absolute atomic E-state index is 0.0893. The zero-order valence-corrected chi connectivity index (χ0v) is 12.3. The molecule has 0 radical (unpaired) electrons. The lowest BCUT2D eigenvalue weighted by atomic mass is 10.1. The molecule has 0 saturated carbocycles. The second kappa shape index (κ2) is 6.46. The molecule has 3 nitrogen and oxygen atoms in total. The largest absolute Gasteiger partial charge is 0.421 e. The lowest BCUT2D eigenvalue weighted by Crippen LogP contribution is -2.08. The standard InChI is InChI=1S/C14H9Cl3O3/c15-10-5-12(17)13(6-11(10)16)20-14(19)9-3-1-8(7-18)2-4-9/h1-6,18H,7H2. The quantitative estimate of drug-likeness (QED) is 0.516. The van der Waals surface area contributed by atoms with Gasteiger partial charge in [-0.3, -0.25) is 0 Å². The van der Waals surface area contributed by atoms with E-state index in [1.807, 2.05) is 0 Å². The van der Waals surface area contributed by atoms with E-state index in [4.69, 9.17) is 44.6 Å². The van der Waals surface area contributed by atoms with E-state index in [2.05, 4.69) is 0 Å². The zero-order valence-electron chi connectivity index (χ0n) is 10.1. The Bertz CT molecular complexity index is 639. The van der Waals surface area contributed by atoms with E-state index in [9.17, 15) is 4.79 Å². The van der Waals surface area contributed by atoms with Gasteiger partial charge in [0.25, 0.3) is 0 Å². The highest BCUT2D eigenvalue weighted by Gasteiger charge is 2.13. The summed E-state index contributed by atoms with van der Waals surface area (Å²) in [6.45, 7) is -0.0893. The second-order valence-corrected chi connectivity index (χ2v) is 5.16. The van der Waals surface area contributed by atoms with E-state index in [0.717, 1.165) is 0 Å². The SMILES string of the molecule is O=C(Oc1cc(Cl)c(Cl)cc1Cl)c1ccc(CO)cc1. The summed E-state index contributed by atoms with van der Waals surface area (Å²) in [7, 11) is 0. The first-order valence-electron chi connectivity index (χ1n) is 5.58. The fourth-order valence-corrected chi connectivity index (χ4v) is 2.06. The molecule has 0 amide bonds. The van der Waals surface area contributed by atoms with Gasteiger partial charge in [-0.2, -0.15) is 0 Å². The van der Waals surface area contributed by atoms with Gasteiger partial charge in [0, 0.05) is 6.07 Å². The van der Waals surface area contributed by atoms with Crippen LogP contribution in [0.3, 0.4) is 0 Å². The van der Waals surface area contributed by atoms with Crippen molar-refractivity contribution in [2.75, 3.05) is 0 Å². The van der Waals surface area contributed by atoms with Crippen LogP contribution in [0.25, 0.3) is 0 Å². The zero-order chi connectivity index (χ0) is 14.7. The summed E-state index contributed by atoms with van der Waals surface area (Å²) >= 11 is 17.6. The van der Waals surface area contributed by atoms with Crippen LogP contribution in [0.15, 0.2) is 36.4 Å². The minimum Gasteiger partial charge on any atom is -0.421 e. The van der Waals surface area contributed by atoms with Crippen LogP contribution in [0.4, 0.5) is 0 Å². The fraction of sp³-hybridized carbons (Fsp3) is 0.0714. The molecule has 0 heterocycles. The summed E-state index contributed by atoms with van der Waals surface area (Å²) in [6.07, 6.45) is 0. The third kappa shape index (κ3) is 3.44. The molecule has 0 aliphatic rings. The van der Waals surface area contributed by atoms with Gasteiger partial charge in [-0.05, 0) is 23.8 Å². The van der Waals surface area contributed by atoms with E-state index in [1.165, 1.54) is 12.1 Å². The first-order chi connectivity index (χ1) is 9.51. The number of hydrogen-bond donors (Lipinski definition) is 1. The van der Waals surface area contributed by atoms with Gasteiger partial charge in [-0.15, -0.1) is 0 Å². The molecular formula is C14H9Cl3O3. The van der Waals surface area contributed by atoms with Crippen LogP contribution in [0, 0.1) is 0 Å². The predicted octanol–water partition coefficient (Wildman–Crippen LogP) is 4.36. The van der Waals surface area contributed by atoms with Crippen LogP contribution in [-0.4, -0.2) is 11.1 Å². The lowest BCUT2D eigenvalue weighted by Gasteiger charge is -2.08. The van der Waals surface area contributed by atoms with Crippen LogP contribution in [-0.2, 0) is 6.61 Å². The van der Waals surface area contributed by atoms with Crippen molar-refractivity contribution in [3.05, 3.63) is 62.6 Å². The average molecular weight is 332 g/mol. The van der Waals surface area contributed by atoms with E-state index < -0.39 is 5.97 Å². The normalized spacial score (nSPS) is 10.4. The van der Waals surface area contributed by atoms with E-state index >= 15 is 0 Å². The molecule has 0 saturated heterocycles. The number of carbonyl (C=O) groups excluding carboxylic acids is 1. The molecule has 1 N–H and O–H groups in total. The molecule has 0 aliphatic carbocycles. The molecule has 20 heavy (non-hydrogen) atoms. The number of aliphatic hydroxyl groups is 1. The van der Waals surface area contributed by atoms with Crippen molar-refractivity contribution in [3.8, 4) is 5.75 Å². The summed E-state index contributed by atoms with van der Waals surface area (Å²) in [6, 6.07) is 9.16. The van der Waals surface area contributed by atoms with E-state index in [0.29, 0.717) is 11.1 Å². The molecule has 104 valence electrons. The first kappa shape index (κ1) is 15.1. The van der Waals surface area contributed by atoms with Crippen LogP contribution in [0.1, 0.15) is 15.9 Å². The van der Waals surface area contributed by atoms with Crippen molar-refractivity contribution in [3.63, 3.8) is 0 Å². The van der Waals surface area contributed by atoms with Crippen LogP contribution in [0.5, 0.6) is 5.75 Å². The van der Waals surface area contributed by atoms with Gasteiger partial charge in [0.15, 0.2) is 5.75 Å². The van der Waals surface area contributed by atoms with Gasteiger partial charge >= 0.3 is 5.97 Å². The lowest BCUT2D eigenvalue weighted by molar-refractivity contribution is 0.0735. The Kier molecular flexibility index (Phi) is 4.89. The van der Waals surface area contributed by atoms with Gasteiger partial charge in [0.05, 0.1) is 27.2 Å². The third-order valence-corrected chi connectivity index (χ3v) is 3.57. The van der Waals surface area contributed by atoms with Gasteiger partial charge < -0.3 is 9.84 Å². The van der Waals surface area contributed by atoms with Gasteiger partial charge in [-0.25, -0.2) is 4.79 Å². The average Bonchev–Trinajstić information content (AvgIpc) is 2.44. The van der Waals surface area contributed by atoms with Crippen molar-refractivity contribution in [2.24, 2.45) is 0 Å². The van der Waals surface area contributed by atoms with E-state index in [1.54, 1.807) is 24.3 Å². The van der Waals surface area contributed by atoms with Gasteiger partial charge in [0.1, 0.15) is 0 Å². The highest BCUT2D eigenvalue weighted by atomic mass is 35.5. The molecule has 6 heteroatoms. The number of halogens is 3. The number of benzene rings is 2. The van der Waals surface area contributed by atoms with Crippen molar-refractivity contribution < 1.29 is 14.6 Å². The predicted molar refractivity (Wildman–Crippen MR) is 78.8 cm³/mol. The molecule has 0 aliphatic heterocycles. The Labute approximate surface area is 130 Å². The smallest absolute Gasteiger partial charge is 0.343 e. The molecule has 0 spiro atoms. The Morgan fingerprint density at radius 1 is 1.00 bits per heavy atom. The van der Waals surface area contributed by atoms with E-state index in [-0.39, 0.29) is 27.4 Å². The maximum atomic E-state index is 11.9. The summed E-state index contributed by atoms with van der Waals surface area (Å²) in [4.78, 5) is 11.9. The molecule has 2 aromatic carbocycles. The molecule has 0 unspecified atom stereocenters. The van der Waals surface area contributed by atoms with Crippen LogP contribution < -0.4 is 4.74 Å². The number of carbonyl (C=O) groups is 1. The fourth-order valence-electron chi connectivity index (χ4n) is 1.49. The molecule has 2 aromatic rings. The Hall–Kier alpha value is -1.26. The summed E-state index contributed by atoms with van der Waals surface area (Å²) in [5.41, 5.74) is 1.04. The van der Waals surface area contributed by atoms with Crippen molar-refractivity contribution >= 4 is 40.8 Å². The number of ether oxygens (including phenoxy) is 1. The topological polar surface area (TPSA) is 46.5 Å². The highest BCUT2D eigenvalue weighted by Crippen LogP contribution is 2.34. The van der Waals surface area contributed by atoms with Gasteiger partial charge in [-0.1, -0.05) is 46.9 Å². The summed E-state index contributed by atoms with van der Waals surface area (Å²) in [5, 5.41) is 9.65. The maximum Gasteiger partial charge on any atom is 0.343 e. The monoisotopic (exact) mass is 330 g/mol. The second-order valence-electron chi connectivity index (χ2n) is 3.94.